The van der Waals surface area contributed by atoms with Gasteiger partial charge >= 0.3 is 11.9 Å². The number of carboxylic acid groups (broad SMARTS) is 1. The Morgan fingerprint density at radius 3 is 2.45 bits per heavy atom. The van der Waals surface area contributed by atoms with E-state index in [1.807, 2.05) is 0 Å². The maximum atomic E-state index is 12.3. The van der Waals surface area contributed by atoms with Gasteiger partial charge < -0.3 is 15.2 Å². The molecule has 0 atom stereocenters. The molecule has 2 aromatic rings. The summed E-state index contributed by atoms with van der Waals surface area (Å²) in [5.41, 5.74) is 4.70. The Balaban J connectivity index is 1.94. The first-order chi connectivity index (χ1) is 14.9. The molecule has 0 aliphatic heterocycles. The van der Waals surface area contributed by atoms with Crippen LogP contribution in [0, 0.1) is 6.92 Å². The fourth-order valence-electron chi connectivity index (χ4n) is 2.74. The van der Waals surface area contributed by atoms with E-state index in [0.717, 1.165) is 5.56 Å². The number of aryl methyl sites for hydroxylation is 1. The summed E-state index contributed by atoms with van der Waals surface area (Å²) in [4.78, 5) is 45.0. The second-order valence-corrected chi connectivity index (χ2v) is 6.45. The molecule has 2 aromatic carbocycles. The largest absolute Gasteiger partial charge is 0.478 e. The highest BCUT2D eigenvalue weighted by molar-refractivity contribution is 6.04. The number of hydrogen-bond acceptors (Lipinski definition) is 8. The number of carboxylic acids is 1. The van der Waals surface area contributed by atoms with E-state index in [-0.39, 0.29) is 37.6 Å². The van der Waals surface area contributed by atoms with E-state index in [1.54, 1.807) is 38.1 Å². The van der Waals surface area contributed by atoms with Crippen LogP contribution in [0.5, 0.6) is 0 Å². The molecule has 10 nitrogen and oxygen atoms in total. The predicted octanol–water partition coefficient (Wildman–Crippen LogP) is 2.27. The molecule has 0 unspecified atom stereocenters. The van der Waals surface area contributed by atoms with Gasteiger partial charge in [-0.1, -0.05) is 17.7 Å². The normalized spacial score (nSPS) is 10.5. The highest BCUT2D eigenvalue weighted by Crippen LogP contribution is 2.15. The number of nitrogens with one attached hydrogen (secondary N) is 2. The summed E-state index contributed by atoms with van der Waals surface area (Å²) in [5, 5.41) is 20.5. The Kier molecular flexibility index (Phi) is 9.10. The molecule has 0 saturated carbocycles. The number of rotatable bonds is 11. The Hall–Kier alpha value is -3.31. The molecule has 10 heteroatoms. The fourth-order valence-corrected chi connectivity index (χ4v) is 2.74. The molecule has 0 radical (unpaired) electrons. The monoisotopic (exact) mass is 432 g/mol. The zero-order chi connectivity index (χ0) is 22.8. The van der Waals surface area contributed by atoms with Crippen LogP contribution >= 0.6 is 0 Å². The topological polar surface area (TPSA) is 143 Å². The summed E-state index contributed by atoms with van der Waals surface area (Å²) in [6.45, 7) is 3.47. The van der Waals surface area contributed by atoms with Gasteiger partial charge in [-0.3, -0.25) is 14.9 Å². The minimum absolute atomic E-state index is 0.00731. The maximum Gasteiger partial charge on any atom is 0.338 e. The average Bonchev–Trinajstić information content (AvgIpc) is 2.74. The summed E-state index contributed by atoms with van der Waals surface area (Å²) in [6, 6.07) is 9.18. The van der Waals surface area contributed by atoms with E-state index < -0.39 is 17.8 Å². The summed E-state index contributed by atoms with van der Waals surface area (Å²) in [5.74, 6) is -2.27. The van der Waals surface area contributed by atoms with Gasteiger partial charge in [-0.2, -0.15) is 5.48 Å². The SMILES string of the molecule is CCOC(=O)c1ccc(COO)c(CONCNC(=O)c2cc(C)ccc2C(=O)O)c1. The van der Waals surface area contributed by atoms with Crippen LogP contribution in [0.4, 0.5) is 0 Å². The lowest BCUT2D eigenvalue weighted by atomic mass is 10.0. The first-order valence-electron chi connectivity index (χ1n) is 9.39. The lowest BCUT2D eigenvalue weighted by molar-refractivity contribution is -0.253. The Morgan fingerprint density at radius 2 is 1.77 bits per heavy atom. The van der Waals surface area contributed by atoms with E-state index in [9.17, 15) is 19.5 Å². The number of benzene rings is 2. The lowest BCUT2D eigenvalue weighted by Gasteiger charge is -2.13. The molecule has 2 rings (SSSR count). The molecule has 31 heavy (non-hydrogen) atoms. The maximum absolute atomic E-state index is 12.3. The van der Waals surface area contributed by atoms with Gasteiger partial charge in [-0.05, 0) is 49.2 Å². The smallest absolute Gasteiger partial charge is 0.338 e. The van der Waals surface area contributed by atoms with Gasteiger partial charge in [-0.25, -0.2) is 14.5 Å². The van der Waals surface area contributed by atoms with Crippen molar-refractivity contribution in [1.29, 1.82) is 0 Å². The van der Waals surface area contributed by atoms with Gasteiger partial charge in [0.1, 0.15) is 6.61 Å². The van der Waals surface area contributed by atoms with Crippen molar-refractivity contribution in [1.82, 2.24) is 10.8 Å². The summed E-state index contributed by atoms with van der Waals surface area (Å²) in [6.07, 6.45) is 0. The molecule has 166 valence electrons. The molecule has 0 spiro atoms. The minimum atomic E-state index is -1.20. The van der Waals surface area contributed by atoms with Gasteiger partial charge in [0.2, 0.25) is 0 Å². The molecular weight excluding hydrogens is 408 g/mol. The van der Waals surface area contributed by atoms with Crippen LogP contribution in [-0.4, -0.2) is 41.5 Å². The van der Waals surface area contributed by atoms with Crippen LogP contribution in [0.25, 0.3) is 0 Å². The zero-order valence-corrected chi connectivity index (χ0v) is 17.1. The third-order valence-electron chi connectivity index (χ3n) is 4.24. The highest BCUT2D eigenvalue weighted by atomic mass is 17.1. The number of hydroxylamine groups is 1. The molecule has 1 amide bonds. The molecule has 0 fully saturated rings. The highest BCUT2D eigenvalue weighted by Gasteiger charge is 2.16. The average molecular weight is 432 g/mol. The van der Waals surface area contributed by atoms with E-state index in [2.05, 4.69) is 15.7 Å². The second kappa shape index (κ2) is 11.8. The first kappa shape index (κ1) is 24.0. The lowest BCUT2D eigenvalue weighted by Crippen LogP contribution is -2.34. The summed E-state index contributed by atoms with van der Waals surface area (Å²) in [7, 11) is 0. The van der Waals surface area contributed by atoms with Gasteiger partial charge in [0.25, 0.3) is 5.91 Å². The molecule has 0 saturated heterocycles. The van der Waals surface area contributed by atoms with Crippen LogP contribution in [0.2, 0.25) is 0 Å². The van der Waals surface area contributed by atoms with Crippen molar-refractivity contribution in [2.24, 2.45) is 0 Å². The van der Waals surface area contributed by atoms with Crippen molar-refractivity contribution in [3.8, 4) is 0 Å². The number of hydrogen-bond donors (Lipinski definition) is 4. The molecule has 0 aliphatic rings. The minimum Gasteiger partial charge on any atom is -0.478 e. The van der Waals surface area contributed by atoms with Crippen molar-refractivity contribution >= 4 is 17.8 Å². The van der Waals surface area contributed by atoms with Crippen molar-refractivity contribution in [2.45, 2.75) is 27.1 Å². The van der Waals surface area contributed by atoms with Gasteiger partial charge in [0.05, 0.1) is 36.6 Å². The predicted molar refractivity (Wildman–Crippen MR) is 108 cm³/mol. The first-order valence-corrected chi connectivity index (χ1v) is 9.39. The molecule has 0 bridgehead atoms. The molecule has 0 aromatic heterocycles. The van der Waals surface area contributed by atoms with Crippen molar-refractivity contribution in [3.05, 3.63) is 69.8 Å². The van der Waals surface area contributed by atoms with Crippen molar-refractivity contribution < 1.29 is 39.2 Å². The Morgan fingerprint density at radius 1 is 1.00 bits per heavy atom. The van der Waals surface area contributed by atoms with Gasteiger partial charge in [0, 0.05) is 0 Å². The number of esters is 1. The van der Waals surface area contributed by atoms with E-state index in [0.29, 0.717) is 16.7 Å². The second-order valence-electron chi connectivity index (χ2n) is 6.45. The zero-order valence-electron chi connectivity index (χ0n) is 17.1. The van der Waals surface area contributed by atoms with Gasteiger partial charge in [0.15, 0.2) is 0 Å². The molecule has 0 heterocycles. The molecule has 0 aliphatic carbocycles. The number of aromatic carboxylic acids is 1. The third kappa shape index (κ3) is 6.86. The number of carbonyl (C=O) groups excluding carboxylic acids is 2. The standard InChI is InChI=1S/C21H24N2O8/c1-3-29-21(27)14-5-6-15(11-31-28)16(9-14)10-30-23-12-22-19(24)18-8-13(2)4-7-17(18)20(25)26/h4-9,23,28H,3,10-12H2,1-2H3,(H,22,24)(H,25,26). The van der Waals surface area contributed by atoms with Crippen LogP contribution in [0.15, 0.2) is 36.4 Å². The van der Waals surface area contributed by atoms with Crippen LogP contribution in [-0.2, 0) is 27.7 Å². The van der Waals surface area contributed by atoms with Crippen LogP contribution < -0.4 is 10.8 Å². The molecule has 4 N–H and O–H groups in total. The van der Waals surface area contributed by atoms with Crippen molar-refractivity contribution in [2.75, 3.05) is 13.3 Å². The third-order valence-corrected chi connectivity index (χ3v) is 4.24. The fraction of sp³-hybridized carbons (Fsp3) is 0.286. The van der Waals surface area contributed by atoms with Crippen molar-refractivity contribution in [3.63, 3.8) is 0 Å². The van der Waals surface area contributed by atoms with E-state index in [4.69, 9.17) is 14.8 Å². The van der Waals surface area contributed by atoms with Gasteiger partial charge in [-0.15, -0.1) is 0 Å². The summed E-state index contributed by atoms with van der Waals surface area (Å²) >= 11 is 0. The van der Waals surface area contributed by atoms with E-state index >= 15 is 0 Å². The summed E-state index contributed by atoms with van der Waals surface area (Å²) < 4.78 is 4.96. The Bertz CT molecular complexity index is 945. The van der Waals surface area contributed by atoms with Crippen LogP contribution in [0.3, 0.4) is 0 Å². The van der Waals surface area contributed by atoms with Crippen LogP contribution in [0.1, 0.15) is 54.7 Å². The quantitative estimate of drug-likeness (QED) is 0.138. The number of carbonyl (C=O) groups is 3. The number of ether oxygens (including phenoxy) is 1. The Labute approximate surface area is 178 Å². The molecular formula is C21H24N2O8. The number of amides is 1. The van der Waals surface area contributed by atoms with E-state index in [1.165, 1.54) is 12.1 Å².